The minimum Gasteiger partial charge on any atom is -0.378 e. The third-order valence-corrected chi connectivity index (χ3v) is 6.88. The fraction of sp³-hybridized carbons (Fsp3) is 0.296. The van der Waals surface area contributed by atoms with Gasteiger partial charge in [-0.1, -0.05) is 36.4 Å². The molecule has 0 saturated carbocycles. The summed E-state index contributed by atoms with van der Waals surface area (Å²) in [5.74, 6) is 0.800. The topological polar surface area (TPSA) is 81.8 Å². The average Bonchev–Trinajstić information content (AvgIpc) is 3.37. The maximum Gasteiger partial charge on any atom is 0.270 e. The minimum absolute atomic E-state index is 0.00973. The van der Waals surface area contributed by atoms with Gasteiger partial charge in [-0.2, -0.15) is 0 Å². The number of pyridine rings is 1. The van der Waals surface area contributed by atoms with Crippen molar-refractivity contribution < 1.29 is 14.3 Å². The van der Waals surface area contributed by atoms with Crippen LogP contribution in [0, 0.1) is 0 Å². The number of aromatic nitrogens is 2. The zero-order valence-electron chi connectivity index (χ0n) is 19.4. The summed E-state index contributed by atoms with van der Waals surface area (Å²) >= 11 is 0. The lowest BCUT2D eigenvalue weighted by molar-refractivity contribution is 0.0304. The largest absolute Gasteiger partial charge is 0.378 e. The maximum absolute atomic E-state index is 13.4. The molecule has 8 nitrogen and oxygen atoms in total. The van der Waals surface area contributed by atoms with Crippen molar-refractivity contribution in [3.63, 3.8) is 0 Å². The predicted molar refractivity (Wildman–Crippen MR) is 135 cm³/mol. The first-order chi connectivity index (χ1) is 17.2. The number of morpholine rings is 1. The van der Waals surface area contributed by atoms with Crippen molar-refractivity contribution in [1.82, 2.24) is 19.8 Å². The zero-order chi connectivity index (χ0) is 23.8. The van der Waals surface area contributed by atoms with Crippen molar-refractivity contribution in [2.45, 2.75) is 0 Å². The molecule has 8 heteroatoms. The standard InChI is InChI=1S/C27H27N5O3/c33-26(32-13-15-35-16-14-32)21-18-25(29-23-8-4-2-6-20(21)23)30-9-11-31(12-10-30)27(34)24-17-19-5-1-3-7-22(19)28-24/h1-8,17-18,28H,9-16H2. The molecule has 0 radical (unpaired) electrons. The van der Waals surface area contributed by atoms with E-state index in [1.807, 2.05) is 70.5 Å². The van der Waals surface area contributed by atoms with Crippen molar-refractivity contribution in [2.75, 3.05) is 57.4 Å². The number of rotatable bonds is 3. The Labute approximate surface area is 203 Å². The normalized spacial score (nSPS) is 16.7. The van der Waals surface area contributed by atoms with E-state index in [9.17, 15) is 9.59 Å². The molecule has 2 saturated heterocycles. The number of fused-ring (bicyclic) bond motifs is 2. The van der Waals surface area contributed by atoms with Gasteiger partial charge in [0.2, 0.25) is 0 Å². The van der Waals surface area contributed by atoms with Crippen LogP contribution in [0.3, 0.4) is 0 Å². The fourth-order valence-electron chi connectivity index (χ4n) is 4.93. The molecule has 2 aliphatic heterocycles. The Hall–Kier alpha value is -3.91. The first-order valence-corrected chi connectivity index (χ1v) is 12.1. The molecule has 6 rings (SSSR count). The first-order valence-electron chi connectivity index (χ1n) is 12.1. The number of nitrogens with zero attached hydrogens (tertiary/aromatic N) is 4. The molecule has 4 aromatic rings. The van der Waals surface area contributed by atoms with Crippen LogP contribution in [0.4, 0.5) is 5.82 Å². The van der Waals surface area contributed by atoms with E-state index >= 15 is 0 Å². The summed E-state index contributed by atoms with van der Waals surface area (Å²) in [5.41, 5.74) is 3.05. The van der Waals surface area contributed by atoms with Crippen molar-refractivity contribution in [3.8, 4) is 0 Å². The molecule has 4 heterocycles. The van der Waals surface area contributed by atoms with Crippen LogP contribution in [0.25, 0.3) is 21.8 Å². The number of anilines is 1. The van der Waals surface area contributed by atoms with Gasteiger partial charge in [0.05, 0.1) is 24.3 Å². The summed E-state index contributed by atoms with van der Waals surface area (Å²) in [5, 5.41) is 1.90. The number of carbonyl (C=O) groups is 2. The quantitative estimate of drug-likeness (QED) is 0.499. The minimum atomic E-state index is 0.00973. The van der Waals surface area contributed by atoms with Crippen LogP contribution in [-0.4, -0.2) is 84.1 Å². The third-order valence-electron chi connectivity index (χ3n) is 6.88. The number of amides is 2. The zero-order valence-corrected chi connectivity index (χ0v) is 19.4. The van der Waals surface area contributed by atoms with Crippen LogP contribution in [0.15, 0.2) is 60.7 Å². The van der Waals surface area contributed by atoms with Crippen molar-refractivity contribution in [2.24, 2.45) is 0 Å². The molecule has 2 amide bonds. The summed E-state index contributed by atoms with van der Waals surface area (Å²) in [4.78, 5) is 40.5. The summed E-state index contributed by atoms with van der Waals surface area (Å²) < 4.78 is 5.42. The van der Waals surface area contributed by atoms with Gasteiger partial charge < -0.3 is 24.4 Å². The lowest BCUT2D eigenvalue weighted by Gasteiger charge is -2.35. The van der Waals surface area contributed by atoms with Gasteiger partial charge in [-0.15, -0.1) is 0 Å². The second-order valence-corrected chi connectivity index (χ2v) is 9.00. The van der Waals surface area contributed by atoms with Gasteiger partial charge in [0.1, 0.15) is 11.5 Å². The summed E-state index contributed by atoms with van der Waals surface area (Å²) in [6, 6.07) is 19.5. The van der Waals surface area contributed by atoms with E-state index in [1.54, 1.807) is 0 Å². The van der Waals surface area contributed by atoms with Gasteiger partial charge in [-0.05, 0) is 24.3 Å². The molecule has 2 aromatic heterocycles. The molecule has 0 bridgehead atoms. The van der Waals surface area contributed by atoms with Crippen molar-refractivity contribution >= 4 is 39.4 Å². The summed E-state index contributed by atoms with van der Waals surface area (Å²) in [7, 11) is 0. The van der Waals surface area contributed by atoms with Crippen LogP contribution in [0.5, 0.6) is 0 Å². The highest BCUT2D eigenvalue weighted by Gasteiger charge is 2.26. The van der Waals surface area contributed by atoms with Crippen LogP contribution >= 0.6 is 0 Å². The van der Waals surface area contributed by atoms with Crippen LogP contribution < -0.4 is 4.90 Å². The molecule has 0 spiro atoms. The number of para-hydroxylation sites is 2. The van der Waals surface area contributed by atoms with Crippen molar-refractivity contribution in [1.29, 1.82) is 0 Å². The average molecular weight is 470 g/mol. The Morgan fingerprint density at radius 2 is 1.51 bits per heavy atom. The molecule has 35 heavy (non-hydrogen) atoms. The SMILES string of the molecule is O=C(c1cc2ccccc2[nH]1)N1CCN(c2cc(C(=O)N3CCOCC3)c3ccccc3n2)CC1. The number of piperazine rings is 1. The Bertz CT molecular complexity index is 1370. The lowest BCUT2D eigenvalue weighted by Crippen LogP contribution is -2.49. The Morgan fingerprint density at radius 3 is 2.31 bits per heavy atom. The van der Waals surface area contributed by atoms with E-state index in [0.29, 0.717) is 63.7 Å². The van der Waals surface area contributed by atoms with E-state index in [4.69, 9.17) is 9.72 Å². The molecular weight excluding hydrogens is 442 g/mol. The first kappa shape index (κ1) is 21.6. The number of aromatic amines is 1. The van der Waals surface area contributed by atoms with E-state index in [1.165, 1.54) is 0 Å². The monoisotopic (exact) mass is 469 g/mol. The highest BCUT2D eigenvalue weighted by atomic mass is 16.5. The predicted octanol–water partition coefficient (Wildman–Crippen LogP) is 3.15. The number of carbonyl (C=O) groups excluding carboxylic acids is 2. The number of H-pyrrole nitrogens is 1. The molecule has 2 aliphatic rings. The number of hydrogen-bond donors (Lipinski definition) is 1. The van der Waals surface area contributed by atoms with E-state index in [-0.39, 0.29) is 11.8 Å². The van der Waals surface area contributed by atoms with E-state index in [0.717, 1.165) is 27.6 Å². The van der Waals surface area contributed by atoms with Crippen molar-refractivity contribution in [3.05, 3.63) is 71.9 Å². The molecular formula is C27H27N5O3. The molecule has 1 N–H and O–H groups in total. The second-order valence-electron chi connectivity index (χ2n) is 9.00. The number of hydrogen-bond acceptors (Lipinski definition) is 5. The van der Waals surface area contributed by atoms with Gasteiger partial charge in [0.25, 0.3) is 11.8 Å². The van der Waals surface area contributed by atoms with Crippen LogP contribution in [0.1, 0.15) is 20.8 Å². The number of ether oxygens (including phenoxy) is 1. The summed E-state index contributed by atoms with van der Waals surface area (Å²) in [6.07, 6.45) is 0. The number of nitrogens with one attached hydrogen (secondary N) is 1. The molecule has 178 valence electrons. The van der Waals surface area contributed by atoms with Gasteiger partial charge in [0, 0.05) is 55.6 Å². The Morgan fingerprint density at radius 1 is 0.800 bits per heavy atom. The van der Waals surface area contributed by atoms with Crippen LogP contribution in [-0.2, 0) is 4.74 Å². The molecule has 0 atom stereocenters. The van der Waals surface area contributed by atoms with Gasteiger partial charge in [-0.3, -0.25) is 9.59 Å². The molecule has 0 aliphatic carbocycles. The van der Waals surface area contributed by atoms with E-state index in [2.05, 4.69) is 9.88 Å². The molecule has 2 aromatic carbocycles. The highest BCUT2D eigenvalue weighted by Crippen LogP contribution is 2.26. The van der Waals surface area contributed by atoms with E-state index < -0.39 is 0 Å². The molecule has 2 fully saturated rings. The number of benzene rings is 2. The van der Waals surface area contributed by atoms with Gasteiger partial charge in [0.15, 0.2) is 0 Å². The second kappa shape index (κ2) is 9.03. The maximum atomic E-state index is 13.4. The summed E-state index contributed by atoms with van der Waals surface area (Å²) in [6.45, 7) is 4.82. The Balaban J connectivity index is 1.22. The smallest absolute Gasteiger partial charge is 0.270 e. The molecule has 0 unspecified atom stereocenters. The lowest BCUT2D eigenvalue weighted by atomic mass is 10.1. The Kier molecular flexibility index (Phi) is 5.58. The highest BCUT2D eigenvalue weighted by molar-refractivity contribution is 6.07. The van der Waals surface area contributed by atoms with Crippen LogP contribution in [0.2, 0.25) is 0 Å². The van der Waals surface area contributed by atoms with Gasteiger partial charge in [-0.25, -0.2) is 4.98 Å². The third kappa shape index (κ3) is 4.10. The van der Waals surface area contributed by atoms with Gasteiger partial charge >= 0.3 is 0 Å². The fourth-order valence-corrected chi connectivity index (χ4v) is 4.93.